The number of carboxylic acid groups (broad SMARTS) is 1. The van der Waals surface area contributed by atoms with Crippen molar-refractivity contribution in [1.29, 1.82) is 0 Å². The van der Waals surface area contributed by atoms with Gasteiger partial charge in [-0.3, -0.25) is 4.98 Å². The normalized spacial score (nSPS) is 11.0. The molecule has 1 N–H and O–H groups in total. The second kappa shape index (κ2) is 6.68. The van der Waals surface area contributed by atoms with Gasteiger partial charge in [0.25, 0.3) is 0 Å². The lowest BCUT2D eigenvalue weighted by atomic mass is 10.0. The molecule has 2 aromatic heterocycles. The van der Waals surface area contributed by atoms with Crippen molar-refractivity contribution in [2.75, 3.05) is 0 Å². The van der Waals surface area contributed by atoms with Crippen LogP contribution in [0, 0.1) is 12.7 Å². The molecule has 0 radical (unpaired) electrons. The summed E-state index contributed by atoms with van der Waals surface area (Å²) in [5.41, 5.74) is 3.46. The van der Waals surface area contributed by atoms with Crippen LogP contribution in [-0.4, -0.2) is 20.6 Å². The number of pyridine rings is 1. The van der Waals surface area contributed by atoms with Crippen molar-refractivity contribution in [3.63, 3.8) is 0 Å². The lowest BCUT2D eigenvalue weighted by Gasteiger charge is -2.09. The van der Waals surface area contributed by atoms with Gasteiger partial charge in [-0.2, -0.15) is 0 Å². The van der Waals surface area contributed by atoms with Gasteiger partial charge in [-0.1, -0.05) is 48.5 Å². The third kappa shape index (κ3) is 2.97. The van der Waals surface area contributed by atoms with Gasteiger partial charge in [0, 0.05) is 23.4 Å². The van der Waals surface area contributed by atoms with E-state index >= 15 is 0 Å². The van der Waals surface area contributed by atoms with Crippen LogP contribution in [0.1, 0.15) is 21.7 Å². The molecule has 0 amide bonds. The SMILES string of the molecule is Cc1ccc2c(n1)c(-c1ccccc1F)c(C(=O)O)n2Cc1ccccc1. The highest BCUT2D eigenvalue weighted by atomic mass is 19.1. The van der Waals surface area contributed by atoms with Crippen LogP contribution in [0.2, 0.25) is 0 Å². The molecule has 0 unspecified atom stereocenters. The molecule has 4 rings (SSSR count). The Morgan fingerprint density at radius 3 is 2.44 bits per heavy atom. The lowest BCUT2D eigenvalue weighted by Crippen LogP contribution is -2.10. The van der Waals surface area contributed by atoms with Crippen molar-refractivity contribution in [3.05, 3.63) is 89.5 Å². The zero-order valence-electron chi connectivity index (χ0n) is 14.7. The average molecular weight is 360 g/mol. The molecular formula is C22H17FN2O2. The minimum absolute atomic E-state index is 0.0389. The summed E-state index contributed by atoms with van der Waals surface area (Å²) >= 11 is 0. The van der Waals surface area contributed by atoms with Crippen LogP contribution < -0.4 is 0 Å². The number of aryl methyl sites for hydroxylation is 1. The monoisotopic (exact) mass is 360 g/mol. The maximum absolute atomic E-state index is 14.6. The second-order valence-electron chi connectivity index (χ2n) is 6.40. The highest BCUT2D eigenvalue weighted by Gasteiger charge is 2.26. The molecule has 0 atom stereocenters. The standard InChI is InChI=1S/C22H17FN2O2/c1-14-11-12-18-20(24-14)19(16-9-5-6-10-17(16)23)21(22(26)27)25(18)13-15-7-3-2-4-8-15/h2-12H,13H2,1H3,(H,26,27). The summed E-state index contributed by atoms with van der Waals surface area (Å²) in [6, 6.07) is 19.5. The van der Waals surface area contributed by atoms with E-state index in [2.05, 4.69) is 4.98 Å². The highest BCUT2D eigenvalue weighted by molar-refractivity contribution is 6.06. The molecule has 0 saturated carbocycles. The second-order valence-corrected chi connectivity index (χ2v) is 6.40. The zero-order valence-corrected chi connectivity index (χ0v) is 14.7. The van der Waals surface area contributed by atoms with E-state index in [1.165, 1.54) is 6.07 Å². The number of aromatic carboxylic acids is 1. The minimum atomic E-state index is -1.11. The first-order valence-electron chi connectivity index (χ1n) is 8.58. The van der Waals surface area contributed by atoms with Gasteiger partial charge >= 0.3 is 5.97 Å². The molecule has 0 aliphatic rings. The fourth-order valence-corrected chi connectivity index (χ4v) is 3.39. The van der Waals surface area contributed by atoms with Gasteiger partial charge in [-0.25, -0.2) is 9.18 Å². The Morgan fingerprint density at radius 1 is 1.04 bits per heavy atom. The van der Waals surface area contributed by atoms with Crippen molar-refractivity contribution in [2.24, 2.45) is 0 Å². The molecule has 0 saturated heterocycles. The fourth-order valence-electron chi connectivity index (χ4n) is 3.39. The molecule has 2 heterocycles. The summed E-state index contributed by atoms with van der Waals surface area (Å²) in [6.45, 7) is 2.19. The van der Waals surface area contributed by atoms with Crippen LogP contribution in [0.4, 0.5) is 4.39 Å². The number of aromatic nitrogens is 2. The maximum atomic E-state index is 14.6. The third-order valence-electron chi connectivity index (χ3n) is 4.58. The van der Waals surface area contributed by atoms with E-state index in [1.54, 1.807) is 22.8 Å². The molecule has 2 aromatic carbocycles. The van der Waals surface area contributed by atoms with Gasteiger partial charge in [0.05, 0.1) is 11.0 Å². The van der Waals surface area contributed by atoms with Crippen molar-refractivity contribution >= 4 is 17.0 Å². The van der Waals surface area contributed by atoms with E-state index in [9.17, 15) is 14.3 Å². The van der Waals surface area contributed by atoms with E-state index < -0.39 is 11.8 Å². The summed E-state index contributed by atoms with van der Waals surface area (Å²) in [5, 5.41) is 9.98. The van der Waals surface area contributed by atoms with Gasteiger partial charge in [0.15, 0.2) is 0 Å². The predicted molar refractivity (Wildman–Crippen MR) is 102 cm³/mol. The molecule has 134 valence electrons. The van der Waals surface area contributed by atoms with Crippen molar-refractivity contribution in [1.82, 2.24) is 9.55 Å². The van der Waals surface area contributed by atoms with Gasteiger partial charge in [0.1, 0.15) is 11.5 Å². The Morgan fingerprint density at radius 2 is 1.74 bits per heavy atom. The van der Waals surface area contributed by atoms with E-state index in [0.29, 0.717) is 23.1 Å². The van der Waals surface area contributed by atoms with E-state index in [4.69, 9.17) is 0 Å². The van der Waals surface area contributed by atoms with Crippen LogP contribution in [-0.2, 0) is 6.54 Å². The number of carboxylic acids is 1. The number of nitrogens with zero attached hydrogens (tertiary/aromatic N) is 2. The summed E-state index contributed by atoms with van der Waals surface area (Å²) in [4.78, 5) is 16.7. The number of halogens is 1. The van der Waals surface area contributed by atoms with Crippen LogP contribution in [0.15, 0.2) is 66.7 Å². The van der Waals surface area contributed by atoms with Crippen LogP contribution in [0.5, 0.6) is 0 Å². The Labute approximate surface area is 155 Å². The van der Waals surface area contributed by atoms with Gasteiger partial charge < -0.3 is 9.67 Å². The first-order valence-corrected chi connectivity index (χ1v) is 8.58. The number of benzene rings is 2. The smallest absolute Gasteiger partial charge is 0.353 e. The largest absolute Gasteiger partial charge is 0.477 e. The number of hydrogen-bond donors (Lipinski definition) is 1. The Kier molecular flexibility index (Phi) is 4.20. The van der Waals surface area contributed by atoms with Crippen molar-refractivity contribution < 1.29 is 14.3 Å². The number of rotatable bonds is 4. The summed E-state index contributed by atoms with van der Waals surface area (Å²) in [6.07, 6.45) is 0. The number of hydrogen-bond acceptors (Lipinski definition) is 2. The zero-order chi connectivity index (χ0) is 19.0. The summed E-state index contributed by atoms with van der Waals surface area (Å²) < 4.78 is 16.2. The summed E-state index contributed by atoms with van der Waals surface area (Å²) in [7, 11) is 0. The Hall–Kier alpha value is -3.47. The first kappa shape index (κ1) is 17.0. The Balaban J connectivity index is 2.07. The quantitative estimate of drug-likeness (QED) is 0.563. The number of fused-ring (bicyclic) bond motifs is 1. The number of carbonyl (C=O) groups is 1. The van der Waals surface area contributed by atoms with Crippen LogP contribution in [0.25, 0.3) is 22.2 Å². The lowest BCUT2D eigenvalue weighted by molar-refractivity contribution is 0.0687. The first-order chi connectivity index (χ1) is 13.1. The fraction of sp³-hybridized carbons (Fsp3) is 0.0909. The van der Waals surface area contributed by atoms with Crippen LogP contribution >= 0.6 is 0 Å². The molecule has 4 aromatic rings. The molecule has 0 aliphatic carbocycles. The van der Waals surface area contributed by atoms with E-state index in [1.807, 2.05) is 49.4 Å². The highest BCUT2D eigenvalue weighted by Crippen LogP contribution is 2.36. The third-order valence-corrected chi connectivity index (χ3v) is 4.58. The minimum Gasteiger partial charge on any atom is -0.477 e. The molecule has 0 spiro atoms. The summed E-state index contributed by atoms with van der Waals surface area (Å²) in [5.74, 6) is -1.58. The maximum Gasteiger partial charge on any atom is 0.353 e. The molecule has 27 heavy (non-hydrogen) atoms. The topological polar surface area (TPSA) is 55.1 Å². The molecule has 0 bridgehead atoms. The van der Waals surface area contributed by atoms with Crippen molar-refractivity contribution in [3.8, 4) is 11.1 Å². The molecule has 5 heteroatoms. The molecular weight excluding hydrogens is 343 g/mol. The molecule has 4 nitrogen and oxygen atoms in total. The average Bonchev–Trinajstić information content (AvgIpc) is 2.96. The van der Waals surface area contributed by atoms with Gasteiger partial charge in [0.2, 0.25) is 0 Å². The van der Waals surface area contributed by atoms with Crippen molar-refractivity contribution in [2.45, 2.75) is 13.5 Å². The van der Waals surface area contributed by atoms with E-state index in [0.717, 1.165) is 11.3 Å². The van der Waals surface area contributed by atoms with Crippen LogP contribution in [0.3, 0.4) is 0 Å². The molecule has 0 fully saturated rings. The van der Waals surface area contributed by atoms with E-state index in [-0.39, 0.29) is 11.3 Å². The van der Waals surface area contributed by atoms with Gasteiger partial charge in [-0.15, -0.1) is 0 Å². The predicted octanol–water partition coefficient (Wildman–Crippen LogP) is 4.90. The Bertz CT molecular complexity index is 1150. The molecule has 0 aliphatic heterocycles. The van der Waals surface area contributed by atoms with Gasteiger partial charge in [-0.05, 0) is 30.7 Å².